The molecule has 1 aromatic carbocycles. The van der Waals surface area contributed by atoms with Crippen LogP contribution < -0.4 is 4.74 Å². The minimum absolute atomic E-state index is 0.198. The van der Waals surface area contributed by atoms with Crippen molar-refractivity contribution in [1.82, 2.24) is 9.80 Å². The monoisotopic (exact) mass is 304 g/mol. The van der Waals surface area contributed by atoms with E-state index in [2.05, 4.69) is 31.9 Å². The molecular formula is C18H28N2O2. The molecule has 1 saturated heterocycles. The van der Waals surface area contributed by atoms with E-state index in [1.807, 2.05) is 23.1 Å². The Balaban J connectivity index is 2.10. The average Bonchev–Trinajstić information content (AvgIpc) is 2.52. The summed E-state index contributed by atoms with van der Waals surface area (Å²) in [6.45, 7) is 7.96. The number of rotatable bonds is 5. The van der Waals surface area contributed by atoms with Crippen molar-refractivity contribution in [3.8, 4) is 5.75 Å². The van der Waals surface area contributed by atoms with Gasteiger partial charge in [-0.3, -0.25) is 4.79 Å². The van der Waals surface area contributed by atoms with Gasteiger partial charge in [-0.15, -0.1) is 0 Å². The first-order valence-corrected chi connectivity index (χ1v) is 8.12. The normalized spacial score (nSPS) is 17.6. The van der Waals surface area contributed by atoms with Crippen LogP contribution in [0.1, 0.15) is 31.7 Å². The maximum atomic E-state index is 12.7. The number of hydrogen-bond donors (Lipinski definition) is 0. The first-order chi connectivity index (χ1) is 10.5. The van der Waals surface area contributed by atoms with E-state index in [0.29, 0.717) is 12.3 Å². The molecule has 1 amide bonds. The van der Waals surface area contributed by atoms with Crippen LogP contribution in [0.3, 0.4) is 0 Å². The highest BCUT2D eigenvalue weighted by Crippen LogP contribution is 2.34. The summed E-state index contributed by atoms with van der Waals surface area (Å²) in [6.07, 6.45) is 0.557. The number of ether oxygens (including phenoxy) is 1. The maximum Gasteiger partial charge on any atom is 0.223 e. The van der Waals surface area contributed by atoms with Gasteiger partial charge in [0, 0.05) is 32.6 Å². The fraction of sp³-hybridized carbons (Fsp3) is 0.611. The summed E-state index contributed by atoms with van der Waals surface area (Å²) in [5, 5.41) is 0. The number of carbonyl (C=O) groups excluding carboxylic acids is 1. The minimum Gasteiger partial charge on any atom is -0.496 e. The van der Waals surface area contributed by atoms with E-state index in [1.54, 1.807) is 7.11 Å². The van der Waals surface area contributed by atoms with Gasteiger partial charge in [0.15, 0.2) is 0 Å². The molecule has 1 heterocycles. The highest BCUT2D eigenvalue weighted by molar-refractivity contribution is 5.77. The molecule has 0 spiro atoms. The van der Waals surface area contributed by atoms with Crippen molar-refractivity contribution in [3.05, 3.63) is 29.8 Å². The van der Waals surface area contributed by atoms with Crippen molar-refractivity contribution in [1.29, 1.82) is 0 Å². The Kier molecular flexibility index (Phi) is 5.83. The van der Waals surface area contributed by atoms with E-state index >= 15 is 0 Å². The van der Waals surface area contributed by atoms with Crippen LogP contribution in [0, 0.1) is 5.92 Å². The molecule has 1 atom stereocenters. The van der Waals surface area contributed by atoms with Gasteiger partial charge in [0.05, 0.1) is 7.11 Å². The zero-order chi connectivity index (χ0) is 16.1. The predicted molar refractivity (Wildman–Crippen MR) is 89.3 cm³/mol. The van der Waals surface area contributed by atoms with Crippen LogP contribution in [0.4, 0.5) is 0 Å². The van der Waals surface area contributed by atoms with Gasteiger partial charge < -0.3 is 14.5 Å². The first-order valence-electron chi connectivity index (χ1n) is 8.12. The van der Waals surface area contributed by atoms with Gasteiger partial charge in [-0.2, -0.15) is 0 Å². The Morgan fingerprint density at radius 1 is 1.18 bits per heavy atom. The Bertz CT molecular complexity index is 494. The zero-order valence-corrected chi connectivity index (χ0v) is 14.2. The molecule has 4 nitrogen and oxygen atoms in total. The molecule has 0 aliphatic carbocycles. The summed E-state index contributed by atoms with van der Waals surface area (Å²) in [6, 6.07) is 8.06. The molecule has 0 saturated carbocycles. The molecule has 0 aromatic heterocycles. The molecule has 1 aliphatic heterocycles. The minimum atomic E-state index is 0.198. The number of benzene rings is 1. The Labute approximate surface area is 134 Å². The van der Waals surface area contributed by atoms with Crippen LogP contribution in [0.25, 0.3) is 0 Å². The third-order valence-corrected chi connectivity index (χ3v) is 4.59. The van der Waals surface area contributed by atoms with E-state index in [4.69, 9.17) is 4.74 Å². The molecule has 122 valence electrons. The smallest absolute Gasteiger partial charge is 0.223 e. The van der Waals surface area contributed by atoms with Gasteiger partial charge in [0.1, 0.15) is 5.75 Å². The standard InChI is InChI=1S/C18H28N2O2/c1-14(2)16(15-7-5-6-8-17(15)22-4)13-18(21)20-11-9-19(3)10-12-20/h5-8,14,16H,9-13H2,1-4H3/t16-/m0/s1. The summed E-state index contributed by atoms with van der Waals surface area (Å²) in [5.74, 6) is 1.74. The molecule has 1 aliphatic rings. The summed E-state index contributed by atoms with van der Waals surface area (Å²) >= 11 is 0. The topological polar surface area (TPSA) is 32.8 Å². The van der Waals surface area contributed by atoms with Gasteiger partial charge in [-0.25, -0.2) is 0 Å². The number of hydrogen-bond acceptors (Lipinski definition) is 3. The third kappa shape index (κ3) is 4.01. The molecule has 22 heavy (non-hydrogen) atoms. The lowest BCUT2D eigenvalue weighted by atomic mass is 9.84. The maximum absolute atomic E-state index is 12.7. The van der Waals surface area contributed by atoms with Crippen molar-refractivity contribution < 1.29 is 9.53 Å². The predicted octanol–water partition coefficient (Wildman–Crippen LogP) is 2.60. The van der Waals surface area contributed by atoms with Gasteiger partial charge >= 0.3 is 0 Å². The van der Waals surface area contributed by atoms with Gasteiger partial charge in [0.2, 0.25) is 5.91 Å². The summed E-state index contributed by atoms with van der Waals surface area (Å²) in [4.78, 5) is 16.9. The van der Waals surface area contributed by atoms with Gasteiger partial charge in [0.25, 0.3) is 0 Å². The molecule has 4 heteroatoms. The van der Waals surface area contributed by atoms with Crippen LogP contribution in [-0.2, 0) is 4.79 Å². The van der Waals surface area contributed by atoms with Crippen molar-refractivity contribution >= 4 is 5.91 Å². The molecule has 1 fully saturated rings. The SMILES string of the molecule is COc1ccccc1[C@@H](CC(=O)N1CCN(C)CC1)C(C)C. The number of para-hydroxylation sites is 1. The van der Waals surface area contributed by atoms with Crippen molar-refractivity contribution in [2.24, 2.45) is 5.92 Å². The van der Waals surface area contributed by atoms with Crippen LogP contribution >= 0.6 is 0 Å². The number of methoxy groups -OCH3 is 1. The second-order valence-corrected chi connectivity index (χ2v) is 6.48. The number of nitrogens with zero attached hydrogens (tertiary/aromatic N) is 2. The van der Waals surface area contributed by atoms with Crippen molar-refractivity contribution in [2.75, 3.05) is 40.3 Å². The fourth-order valence-electron chi connectivity index (χ4n) is 3.05. The third-order valence-electron chi connectivity index (χ3n) is 4.59. The van der Waals surface area contributed by atoms with Crippen molar-refractivity contribution in [3.63, 3.8) is 0 Å². The summed E-state index contributed by atoms with van der Waals surface area (Å²) in [5.41, 5.74) is 1.14. The highest BCUT2D eigenvalue weighted by Gasteiger charge is 2.26. The van der Waals surface area contributed by atoms with Crippen LogP contribution in [-0.4, -0.2) is 56.0 Å². The molecule has 2 rings (SSSR count). The summed E-state index contributed by atoms with van der Waals surface area (Å²) < 4.78 is 5.49. The largest absolute Gasteiger partial charge is 0.496 e. The Hall–Kier alpha value is -1.55. The number of amides is 1. The van der Waals surface area contributed by atoms with E-state index in [9.17, 15) is 4.79 Å². The Morgan fingerprint density at radius 3 is 2.41 bits per heavy atom. The second-order valence-electron chi connectivity index (χ2n) is 6.48. The molecule has 0 bridgehead atoms. The molecular weight excluding hydrogens is 276 g/mol. The Morgan fingerprint density at radius 2 is 1.82 bits per heavy atom. The molecule has 1 aromatic rings. The van der Waals surface area contributed by atoms with E-state index in [-0.39, 0.29) is 11.8 Å². The summed E-state index contributed by atoms with van der Waals surface area (Å²) in [7, 11) is 3.80. The van der Waals surface area contributed by atoms with E-state index in [1.165, 1.54) is 0 Å². The quantitative estimate of drug-likeness (QED) is 0.838. The van der Waals surface area contributed by atoms with Crippen LogP contribution in [0.2, 0.25) is 0 Å². The zero-order valence-electron chi connectivity index (χ0n) is 14.2. The van der Waals surface area contributed by atoms with E-state index in [0.717, 1.165) is 37.5 Å². The van der Waals surface area contributed by atoms with Crippen LogP contribution in [0.15, 0.2) is 24.3 Å². The van der Waals surface area contributed by atoms with Crippen molar-refractivity contribution in [2.45, 2.75) is 26.2 Å². The lowest BCUT2D eigenvalue weighted by Crippen LogP contribution is -2.47. The number of likely N-dealkylation sites (N-methyl/N-ethyl adjacent to an activating group) is 1. The lowest BCUT2D eigenvalue weighted by Gasteiger charge is -2.34. The fourth-order valence-corrected chi connectivity index (χ4v) is 3.05. The molecule has 0 radical (unpaired) electrons. The van der Waals surface area contributed by atoms with Gasteiger partial charge in [-0.1, -0.05) is 32.0 Å². The molecule has 0 unspecified atom stereocenters. The van der Waals surface area contributed by atoms with E-state index < -0.39 is 0 Å². The van der Waals surface area contributed by atoms with Gasteiger partial charge in [-0.05, 0) is 30.5 Å². The molecule has 0 N–H and O–H groups in total. The second kappa shape index (κ2) is 7.63. The average molecular weight is 304 g/mol. The highest BCUT2D eigenvalue weighted by atomic mass is 16.5. The number of piperazine rings is 1. The number of carbonyl (C=O) groups is 1. The lowest BCUT2D eigenvalue weighted by molar-refractivity contribution is -0.133. The van der Waals surface area contributed by atoms with Crippen LogP contribution in [0.5, 0.6) is 5.75 Å². The first kappa shape index (κ1) is 16.8.